The highest BCUT2D eigenvalue weighted by atomic mass is 35.5. The molecule has 0 bridgehead atoms. The second kappa shape index (κ2) is 5.39. The maximum Gasteiger partial charge on any atom is 0.322 e. The lowest BCUT2D eigenvalue weighted by Gasteiger charge is -2.32. The normalized spacial score (nSPS) is 21.4. The van der Waals surface area contributed by atoms with Crippen LogP contribution < -0.4 is 5.32 Å². The van der Waals surface area contributed by atoms with E-state index < -0.39 is 12.0 Å². The van der Waals surface area contributed by atoms with E-state index in [4.69, 9.17) is 16.7 Å². The third-order valence-corrected chi connectivity index (χ3v) is 2.89. The van der Waals surface area contributed by atoms with Gasteiger partial charge in [-0.25, -0.2) is 0 Å². The largest absolute Gasteiger partial charge is 0.480 e. The fourth-order valence-electron chi connectivity index (χ4n) is 1.82. The molecule has 0 aromatic carbocycles. The molecule has 2 heterocycles. The standard InChI is InChI=1S/C10H13ClN4O2/c11-9-2-1-7(13-14-9)6-15-4-3-12-5-8(15)10(16)17/h1-2,8,12H,3-6H2,(H,16,17)/t8-/m1/s1. The number of aromatic nitrogens is 2. The first-order valence-corrected chi connectivity index (χ1v) is 5.70. The molecule has 0 unspecified atom stereocenters. The van der Waals surface area contributed by atoms with Crippen molar-refractivity contribution >= 4 is 17.6 Å². The first-order valence-electron chi connectivity index (χ1n) is 5.32. The molecule has 0 spiro atoms. The third-order valence-electron chi connectivity index (χ3n) is 2.69. The fraction of sp³-hybridized carbons (Fsp3) is 0.500. The van der Waals surface area contributed by atoms with Gasteiger partial charge in [0, 0.05) is 26.2 Å². The number of halogens is 1. The SMILES string of the molecule is O=C(O)[C@H]1CNCCN1Cc1ccc(Cl)nn1. The smallest absolute Gasteiger partial charge is 0.322 e. The predicted molar refractivity (Wildman–Crippen MR) is 61.7 cm³/mol. The Balaban J connectivity index is 2.05. The molecule has 1 saturated heterocycles. The van der Waals surface area contributed by atoms with E-state index in [-0.39, 0.29) is 0 Å². The van der Waals surface area contributed by atoms with Crippen LogP contribution in [0.1, 0.15) is 5.69 Å². The molecular formula is C10H13ClN4O2. The highest BCUT2D eigenvalue weighted by Crippen LogP contribution is 2.10. The third kappa shape index (κ3) is 3.12. The number of piperazine rings is 1. The van der Waals surface area contributed by atoms with Gasteiger partial charge in [0.25, 0.3) is 0 Å². The Labute approximate surface area is 104 Å². The molecule has 1 aromatic rings. The zero-order valence-electron chi connectivity index (χ0n) is 9.14. The van der Waals surface area contributed by atoms with Crippen LogP contribution in [0.25, 0.3) is 0 Å². The molecule has 0 saturated carbocycles. The van der Waals surface area contributed by atoms with E-state index >= 15 is 0 Å². The molecule has 0 amide bonds. The van der Waals surface area contributed by atoms with E-state index in [0.29, 0.717) is 24.8 Å². The van der Waals surface area contributed by atoms with Crippen molar-refractivity contribution in [2.45, 2.75) is 12.6 Å². The fourth-order valence-corrected chi connectivity index (χ4v) is 1.92. The molecule has 2 N–H and O–H groups in total. The lowest BCUT2D eigenvalue weighted by molar-refractivity contribution is -0.144. The van der Waals surface area contributed by atoms with Gasteiger partial charge in [-0.15, -0.1) is 5.10 Å². The van der Waals surface area contributed by atoms with Crippen molar-refractivity contribution in [3.05, 3.63) is 23.0 Å². The number of carboxylic acid groups (broad SMARTS) is 1. The van der Waals surface area contributed by atoms with Crippen molar-refractivity contribution in [3.8, 4) is 0 Å². The van der Waals surface area contributed by atoms with E-state index in [0.717, 1.165) is 12.2 Å². The maximum absolute atomic E-state index is 11.1. The molecule has 0 aliphatic carbocycles. The van der Waals surface area contributed by atoms with E-state index in [9.17, 15) is 4.79 Å². The number of aliphatic carboxylic acids is 1. The van der Waals surface area contributed by atoms with Crippen molar-refractivity contribution in [1.29, 1.82) is 0 Å². The van der Waals surface area contributed by atoms with Crippen LogP contribution in [0.15, 0.2) is 12.1 Å². The van der Waals surface area contributed by atoms with Crippen LogP contribution in [0.3, 0.4) is 0 Å². The van der Waals surface area contributed by atoms with Crippen molar-refractivity contribution in [1.82, 2.24) is 20.4 Å². The first kappa shape index (κ1) is 12.2. The number of hydrogen-bond donors (Lipinski definition) is 2. The van der Waals surface area contributed by atoms with Crippen LogP contribution in [0, 0.1) is 0 Å². The summed E-state index contributed by atoms with van der Waals surface area (Å²) >= 11 is 5.64. The van der Waals surface area contributed by atoms with Crippen LogP contribution >= 0.6 is 11.6 Å². The maximum atomic E-state index is 11.1. The molecule has 92 valence electrons. The number of nitrogens with zero attached hydrogens (tertiary/aromatic N) is 3. The molecule has 1 aliphatic rings. The monoisotopic (exact) mass is 256 g/mol. The average molecular weight is 257 g/mol. The Morgan fingerprint density at radius 3 is 3.06 bits per heavy atom. The summed E-state index contributed by atoms with van der Waals surface area (Å²) in [7, 11) is 0. The van der Waals surface area contributed by atoms with Gasteiger partial charge < -0.3 is 10.4 Å². The molecule has 1 fully saturated rings. The molecule has 17 heavy (non-hydrogen) atoms. The van der Waals surface area contributed by atoms with Gasteiger partial charge in [-0.1, -0.05) is 11.6 Å². The molecular weight excluding hydrogens is 244 g/mol. The summed E-state index contributed by atoms with van der Waals surface area (Å²) < 4.78 is 0. The minimum absolute atomic E-state index is 0.337. The minimum Gasteiger partial charge on any atom is -0.480 e. The second-order valence-electron chi connectivity index (χ2n) is 3.88. The predicted octanol–water partition coefficient (Wildman–Crippen LogP) is -0.0116. The number of carboxylic acids is 1. The lowest BCUT2D eigenvalue weighted by atomic mass is 10.2. The van der Waals surface area contributed by atoms with E-state index in [1.807, 2.05) is 4.90 Å². The van der Waals surface area contributed by atoms with Crippen molar-refractivity contribution < 1.29 is 9.90 Å². The summed E-state index contributed by atoms with van der Waals surface area (Å²) in [5, 5.41) is 20.2. The molecule has 1 atom stereocenters. The Kier molecular flexibility index (Phi) is 3.88. The first-order chi connectivity index (χ1) is 8.16. The minimum atomic E-state index is -0.820. The summed E-state index contributed by atoms with van der Waals surface area (Å²) in [4.78, 5) is 12.9. The number of hydrogen-bond acceptors (Lipinski definition) is 5. The molecule has 2 rings (SSSR count). The number of nitrogens with one attached hydrogen (secondary N) is 1. The summed E-state index contributed by atoms with van der Waals surface area (Å²) in [6, 6.07) is 2.90. The van der Waals surface area contributed by atoms with Gasteiger partial charge in [-0.05, 0) is 12.1 Å². The number of carbonyl (C=O) groups is 1. The van der Waals surface area contributed by atoms with Gasteiger partial charge in [-0.3, -0.25) is 9.69 Å². The van der Waals surface area contributed by atoms with Gasteiger partial charge in [0.15, 0.2) is 5.15 Å². The van der Waals surface area contributed by atoms with E-state index in [1.165, 1.54) is 0 Å². The van der Waals surface area contributed by atoms with Crippen LogP contribution in [0.2, 0.25) is 5.15 Å². The van der Waals surface area contributed by atoms with Gasteiger partial charge >= 0.3 is 5.97 Å². The van der Waals surface area contributed by atoms with Crippen molar-refractivity contribution in [3.63, 3.8) is 0 Å². The zero-order chi connectivity index (χ0) is 12.3. The lowest BCUT2D eigenvalue weighted by Crippen LogP contribution is -2.54. The van der Waals surface area contributed by atoms with Gasteiger partial charge in [-0.2, -0.15) is 5.10 Å². The van der Waals surface area contributed by atoms with Gasteiger partial charge in [0.2, 0.25) is 0 Å². The average Bonchev–Trinajstić information content (AvgIpc) is 2.32. The Bertz CT molecular complexity index is 398. The van der Waals surface area contributed by atoms with Crippen LogP contribution in [-0.2, 0) is 11.3 Å². The Hall–Kier alpha value is -1.24. The van der Waals surface area contributed by atoms with E-state index in [1.54, 1.807) is 12.1 Å². The quantitative estimate of drug-likeness (QED) is 0.792. The van der Waals surface area contributed by atoms with Crippen LogP contribution in [-0.4, -0.2) is 51.8 Å². The van der Waals surface area contributed by atoms with Gasteiger partial charge in [0.05, 0.1) is 5.69 Å². The highest BCUT2D eigenvalue weighted by molar-refractivity contribution is 6.29. The zero-order valence-corrected chi connectivity index (χ0v) is 9.89. The van der Waals surface area contributed by atoms with Crippen molar-refractivity contribution in [2.75, 3.05) is 19.6 Å². The Morgan fingerprint density at radius 2 is 2.41 bits per heavy atom. The summed E-state index contributed by atoms with van der Waals surface area (Å²) in [6.45, 7) is 2.39. The topological polar surface area (TPSA) is 78.4 Å². The molecule has 0 radical (unpaired) electrons. The van der Waals surface area contributed by atoms with Crippen molar-refractivity contribution in [2.24, 2.45) is 0 Å². The summed E-state index contributed by atoms with van der Waals surface area (Å²) in [6.07, 6.45) is 0. The van der Waals surface area contributed by atoms with Crippen LogP contribution in [0.5, 0.6) is 0 Å². The molecule has 6 nitrogen and oxygen atoms in total. The van der Waals surface area contributed by atoms with Crippen LogP contribution in [0.4, 0.5) is 0 Å². The highest BCUT2D eigenvalue weighted by Gasteiger charge is 2.28. The van der Waals surface area contributed by atoms with E-state index in [2.05, 4.69) is 15.5 Å². The summed E-state index contributed by atoms with van der Waals surface area (Å²) in [5.41, 5.74) is 0.725. The molecule has 1 aliphatic heterocycles. The molecule has 7 heteroatoms. The molecule has 1 aromatic heterocycles. The van der Waals surface area contributed by atoms with Gasteiger partial charge in [0.1, 0.15) is 6.04 Å². The number of rotatable bonds is 3. The second-order valence-corrected chi connectivity index (χ2v) is 4.26. The Morgan fingerprint density at radius 1 is 1.59 bits per heavy atom. The summed E-state index contributed by atoms with van der Waals surface area (Å²) in [5.74, 6) is -0.820.